The van der Waals surface area contributed by atoms with Gasteiger partial charge in [-0.25, -0.2) is 4.98 Å². The van der Waals surface area contributed by atoms with Gasteiger partial charge in [-0.2, -0.15) is 5.26 Å². The molecule has 2 aromatic heterocycles. The van der Waals surface area contributed by atoms with Crippen molar-refractivity contribution in [3.05, 3.63) is 75.2 Å². The number of aromatic nitrogens is 2. The Morgan fingerprint density at radius 1 is 1.10 bits per heavy atom. The second-order valence-corrected chi connectivity index (χ2v) is 7.62. The minimum absolute atomic E-state index is 0.184. The van der Waals surface area contributed by atoms with Crippen LogP contribution in [-0.4, -0.2) is 22.5 Å². The first kappa shape index (κ1) is 18.2. The van der Waals surface area contributed by atoms with E-state index < -0.39 is 0 Å². The molecule has 148 valence electrons. The van der Waals surface area contributed by atoms with E-state index in [2.05, 4.69) is 33.4 Å². The summed E-state index contributed by atoms with van der Waals surface area (Å²) < 4.78 is 1.53. The van der Waals surface area contributed by atoms with Crippen molar-refractivity contribution in [1.82, 2.24) is 9.38 Å². The molecule has 1 aliphatic rings. The van der Waals surface area contributed by atoms with Crippen molar-refractivity contribution in [2.24, 2.45) is 0 Å². The standard InChI is InChI=1S/C24H21N5O/c1-16-19(14-25)23-27-21-6-2-3-7-22(21)29(23)24(30)20(16)15-26-17-8-10-18(11-9-17)28-12-4-5-13-28/h2-3,6-11,15,26H,4-5,12-13H2,1H3/b20-15-. The molecular formula is C24H21N5O. The number of anilines is 2. The van der Waals surface area contributed by atoms with E-state index in [9.17, 15) is 10.1 Å². The second kappa shape index (κ2) is 7.20. The molecule has 0 amide bonds. The zero-order valence-corrected chi connectivity index (χ0v) is 16.7. The lowest BCUT2D eigenvalue weighted by Crippen LogP contribution is -2.34. The molecule has 0 bridgehead atoms. The van der Waals surface area contributed by atoms with E-state index >= 15 is 0 Å². The van der Waals surface area contributed by atoms with Gasteiger partial charge in [0.1, 0.15) is 6.07 Å². The van der Waals surface area contributed by atoms with Crippen LogP contribution in [0.1, 0.15) is 24.0 Å². The summed E-state index contributed by atoms with van der Waals surface area (Å²) in [5.41, 5.74) is 4.80. The zero-order valence-electron chi connectivity index (χ0n) is 16.7. The van der Waals surface area contributed by atoms with Crippen molar-refractivity contribution in [2.45, 2.75) is 19.8 Å². The molecule has 0 atom stereocenters. The van der Waals surface area contributed by atoms with Crippen molar-refractivity contribution in [3.63, 3.8) is 0 Å². The summed E-state index contributed by atoms with van der Waals surface area (Å²) in [5, 5.41) is 13.4. The van der Waals surface area contributed by atoms with E-state index in [-0.39, 0.29) is 5.56 Å². The van der Waals surface area contributed by atoms with Gasteiger partial charge in [0.25, 0.3) is 5.56 Å². The Morgan fingerprint density at radius 2 is 1.83 bits per heavy atom. The van der Waals surface area contributed by atoms with Gasteiger partial charge in [-0.05, 0) is 61.7 Å². The fraction of sp³-hybridized carbons (Fsp3) is 0.208. The number of nitrogens with one attached hydrogen (secondary N) is 1. The predicted molar refractivity (Wildman–Crippen MR) is 120 cm³/mol. The summed E-state index contributed by atoms with van der Waals surface area (Å²) in [4.78, 5) is 20.2. The van der Waals surface area contributed by atoms with Crippen LogP contribution in [0.2, 0.25) is 0 Å². The van der Waals surface area contributed by atoms with Crippen LogP contribution < -0.4 is 21.0 Å². The number of hydrogen-bond donors (Lipinski definition) is 1. The van der Waals surface area contributed by atoms with E-state index in [1.165, 1.54) is 22.9 Å². The van der Waals surface area contributed by atoms with Crippen LogP contribution in [0.3, 0.4) is 0 Å². The first-order valence-corrected chi connectivity index (χ1v) is 10.1. The Morgan fingerprint density at radius 3 is 2.57 bits per heavy atom. The Kier molecular flexibility index (Phi) is 4.36. The Labute approximate surface area is 173 Å². The lowest BCUT2D eigenvalue weighted by molar-refractivity contribution is 0.949. The van der Waals surface area contributed by atoms with Crippen LogP contribution in [0.15, 0.2) is 53.3 Å². The fourth-order valence-corrected chi connectivity index (χ4v) is 4.19. The van der Waals surface area contributed by atoms with Gasteiger partial charge >= 0.3 is 0 Å². The molecule has 6 heteroatoms. The fourth-order valence-electron chi connectivity index (χ4n) is 4.19. The zero-order chi connectivity index (χ0) is 20.7. The highest BCUT2D eigenvalue weighted by atomic mass is 16.1. The number of para-hydroxylation sites is 2. The van der Waals surface area contributed by atoms with Crippen molar-refractivity contribution in [1.29, 1.82) is 5.26 Å². The number of fused-ring (bicyclic) bond motifs is 3. The van der Waals surface area contributed by atoms with Crippen molar-refractivity contribution in [3.8, 4) is 6.07 Å². The van der Waals surface area contributed by atoms with Gasteiger partial charge in [0.15, 0.2) is 5.65 Å². The molecule has 1 saturated heterocycles. The van der Waals surface area contributed by atoms with E-state index in [4.69, 9.17) is 0 Å². The average molecular weight is 395 g/mol. The minimum Gasteiger partial charge on any atom is -0.372 e. The Balaban J connectivity index is 1.60. The van der Waals surface area contributed by atoms with E-state index in [0.29, 0.717) is 33.0 Å². The van der Waals surface area contributed by atoms with E-state index in [0.717, 1.165) is 18.8 Å². The topological polar surface area (TPSA) is 73.4 Å². The number of rotatable bonds is 3. The van der Waals surface area contributed by atoms with Gasteiger partial charge in [-0.1, -0.05) is 12.1 Å². The third kappa shape index (κ3) is 2.87. The summed E-state index contributed by atoms with van der Waals surface area (Å²) in [6, 6.07) is 17.9. The molecule has 6 nitrogen and oxygen atoms in total. The van der Waals surface area contributed by atoms with Gasteiger partial charge in [0.2, 0.25) is 0 Å². The molecule has 1 N–H and O–H groups in total. The Hall–Kier alpha value is -3.85. The maximum Gasteiger partial charge on any atom is 0.265 e. The van der Waals surface area contributed by atoms with Crippen LogP contribution in [0.4, 0.5) is 11.4 Å². The van der Waals surface area contributed by atoms with Gasteiger partial charge in [-0.15, -0.1) is 0 Å². The van der Waals surface area contributed by atoms with Crippen molar-refractivity contribution in [2.75, 3.05) is 23.3 Å². The minimum atomic E-state index is -0.184. The lowest BCUT2D eigenvalue weighted by atomic mass is 10.1. The molecule has 0 radical (unpaired) electrons. The van der Waals surface area contributed by atoms with Gasteiger partial charge in [0, 0.05) is 30.7 Å². The molecular weight excluding hydrogens is 374 g/mol. The molecule has 5 rings (SSSR count). The molecule has 4 aromatic rings. The SMILES string of the molecule is Cc1c(C#N)c2nc3ccccc3n2c(=O)/c1=C\Nc1ccc(N2CCCC2)cc1. The third-order valence-electron chi connectivity index (χ3n) is 5.83. The highest BCUT2D eigenvalue weighted by Crippen LogP contribution is 2.22. The maximum absolute atomic E-state index is 13.3. The second-order valence-electron chi connectivity index (χ2n) is 7.62. The lowest BCUT2D eigenvalue weighted by Gasteiger charge is -2.17. The predicted octanol–water partition coefficient (Wildman–Crippen LogP) is 3.20. The molecule has 2 aromatic carbocycles. The normalized spacial score (nSPS) is 14.5. The number of nitrogens with zero attached hydrogens (tertiary/aromatic N) is 4. The summed E-state index contributed by atoms with van der Waals surface area (Å²) in [6.07, 6.45) is 4.18. The molecule has 0 unspecified atom stereocenters. The van der Waals surface area contributed by atoms with Crippen LogP contribution in [0, 0.1) is 18.3 Å². The number of hydrogen-bond acceptors (Lipinski definition) is 5. The largest absolute Gasteiger partial charge is 0.372 e. The first-order chi connectivity index (χ1) is 14.7. The quantitative estimate of drug-likeness (QED) is 0.577. The van der Waals surface area contributed by atoms with Crippen LogP contribution >= 0.6 is 0 Å². The molecule has 1 fully saturated rings. The molecule has 30 heavy (non-hydrogen) atoms. The van der Waals surface area contributed by atoms with E-state index in [1.807, 2.05) is 36.4 Å². The summed E-state index contributed by atoms with van der Waals surface area (Å²) in [5.74, 6) is 0. The number of pyridine rings is 1. The number of nitriles is 1. The molecule has 3 heterocycles. The summed E-state index contributed by atoms with van der Waals surface area (Å²) >= 11 is 0. The van der Waals surface area contributed by atoms with Crippen LogP contribution in [0.25, 0.3) is 22.9 Å². The van der Waals surface area contributed by atoms with Gasteiger partial charge in [-0.3, -0.25) is 9.20 Å². The van der Waals surface area contributed by atoms with Crippen molar-refractivity contribution < 1.29 is 0 Å². The summed E-state index contributed by atoms with van der Waals surface area (Å²) in [7, 11) is 0. The van der Waals surface area contributed by atoms with E-state index in [1.54, 1.807) is 13.1 Å². The monoisotopic (exact) mass is 395 g/mol. The summed E-state index contributed by atoms with van der Waals surface area (Å²) in [6.45, 7) is 4.00. The third-order valence-corrected chi connectivity index (χ3v) is 5.83. The van der Waals surface area contributed by atoms with Crippen LogP contribution in [-0.2, 0) is 0 Å². The molecule has 0 saturated carbocycles. The first-order valence-electron chi connectivity index (χ1n) is 10.1. The molecule has 0 aliphatic carbocycles. The maximum atomic E-state index is 13.3. The van der Waals surface area contributed by atoms with Gasteiger partial charge < -0.3 is 10.2 Å². The number of benzene rings is 2. The highest BCUT2D eigenvalue weighted by molar-refractivity contribution is 5.82. The Bertz CT molecular complexity index is 1410. The van der Waals surface area contributed by atoms with Gasteiger partial charge in [0.05, 0.1) is 21.8 Å². The molecule has 0 spiro atoms. The average Bonchev–Trinajstić information content (AvgIpc) is 3.43. The number of imidazole rings is 1. The van der Waals surface area contributed by atoms with Crippen molar-refractivity contribution >= 4 is 34.3 Å². The smallest absolute Gasteiger partial charge is 0.265 e. The highest BCUT2D eigenvalue weighted by Gasteiger charge is 2.16. The molecule has 1 aliphatic heterocycles. The van der Waals surface area contributed by atoms with Crippen LogP contribution in [0.5, 0.6) is 0 Å².